The van der Waals surface area contributed by atoms with Gasteiger partial charge in [0.15, 0.2) is 0 Å². The predicted molar refractivity (Wildman–Crippen MR) is 171 cm³/mol. The quantitative estimate of drug-likeness (QED) is 0.206. The molecule has 0 aliphatic rings. The molecule has 0 spiro atoms. The van der Waals surface area contributed by atoms with Crippen molar-refractivity contribution in [3.63, 3.8) is 0 Å². The van der Waals surface area contributed by atoms with Gasteiger partial charge in [-0.25, -0.2) is 0 Å². The van der Waals surface area contributed by atoms with E-state index in [1.807, 2.05) is 44.3 Å². The molecule has 0 saturated heterocycles. The molecule has 0 atom stereocenters. The summed E-state index contributed by atoms with van der Waals surface area (Å²) in [6.45, 7) is 12.8. The van der Waals surface area contributed by atoms with Crippen molar-refractivity contribution in [1.82, 2.24) is 0 Å². The van der Waals surface area contributed by atoms with Gasteiger partial charge in [-0.1, -0.05) is 139 Å². The molecule has 0 bridgehead atoms. The van der Waals surface area contributed by atoms with Gasteiger partial charge in [0.25, 0.3) is 0 Å². The molecule has 0 aromatic heterocycles. The Balaban J connectivity index is 0.000000353. The van der Waals surface area contributed by atoms with Gasteiger partial charge >= 0.3 is 0 Å². The van der Waals surface area contributed by atoms with Gasteiger partial charge in [-0.15, -0.1) is 0 Å². The number of hydrogen-bond donors (Lipinski definition) is 1. The second-order valence-corrected chi connectivity index (χ2v) is 9.47. The summed E-state index contributed by atoms with van der Waals surface area (Å²) in [5.74, 6) is 0.997. The van der Waals surface area contributed by atoms with E-state index in [9.17, 15) is 0 Å². The first-order valence-electron chi connectivity index (χ1n) is 13.6. The number of nitrogens with zero attached hydrogens (tertiary/aromatic N) is 1. The van der Waals surface area contributed by atoms with Crippen LogP contribution in [0, 0.1) is 0 Å². The number of benzene rings is 4. The van der Waals surface area contributed by atoms with Crippen molar-refractivity contribution in [2.45, 2.75) is 53.4 Å². The first-order chi connectivity index (χ1) is 18.4. The lowest BCUT2D eigenvalue weighted by Gasteiger charge is -2.17. The number of aliphatic imine (C=N–C) groups is 1. The van der Waals surface area contributed by atoms with E-state index in [1.54, 1.807) is 7.05 Å². The fraction of sp³-hybridized carbons (Fsp3) is 0.250. The van der Waals surface area contributed by atoms with Crippen LogP contribution in [-0.2, 0) is 0 Å². The van der Waals surface area contributed by atoms with Gasteiger partial charge in [0.2, 0.25) is 0 Å². The van der Waals surface area contributed by atoms with Crippen LogP contribution in [0.15, 0.2) is 108 Å². The Bertz CT molecular complexity index is 1220. The Labute approximate surface area is 231 Å². The molecule has 0 radical (unpaired) electrons. The summed E-state index contributed by atoms with van der Waals surface area (Å²) in [5, 5.41) is 0. The molecule has 0 unspecified atom stereocenters. The Morgan fingerprint density at radius 3 is 1.53 bits per heavy atom. The van der Waals surface area contributed by atoms with E-state index in [0.717, 1.165) is 5.69 Å². The zero-order valence-electron chi connectivity index (χ0n) is 24.1. The molecule has 0 saturated carbocycles. The van der Waals surface area contributed by atoms with Crippen LogP contribution in [0.3, 0.4) is 0 Å². The van der Waals surface area contributed by atoms with E-state index in [-0.39, 0.29) is 0 Å². The van der Waals surface area contributed by atoms with Crippen LogP contribution in [0.25, 0.3) is 28.3 Å². The molecule has 4 rings (SSSR count). The van der Waals surface area contributed by atoms with E-state index < -0.39 is 0 Å². The molecule has 0 amide bonds. The van der Waals surface area contributed by atoms with E-state index in [4.69, 9.17) is 5.73 Å². The number of rotatable bonds is 6. The van der Waals surface area contributed by atoms with Gasteiger partial charge in [-0.05, 0) is 62.9 Å². The summed E-state index contributed by atoms with van der Waals surface area (Å²) in [6, 6.07) is 33.9. The monoisotopic (exact) mass is 504 g/mol. The van der Waals surface area contributed by atoms with Gasteiger partial charge in [0.05, 0.1) is 0 Å². The lowest BCUT2D eigenvalue weighted by molar-refractivity contribution is 0.867. The third-order valence-corrected chi connectivity index (χ3v) is 6.15. The number of para-hydroxylation sites is 1. The van der Waals surface area contributed by atoms with Crippen LogP contribution in [0.5, 0.6) is 0 Å². The maximum Gasteiger partial charge on any atom is 0.0349 e. The summed E-state index contributed by atoms with van der Waals surface area (Å²) >= 11 is 0. The zero-order chi connectivity index (χ0) is 27.9. The number of anilines is 1. The van der Waals surface area contributed by atoms with Gasteiger partial charge in [0, 0.05) is 18.9 Å². The maximum absolute atomic E-state index is 5.72. The van der Waals surface area contributed by atoms with Gasteiger partial charge in [-0.2, -0.15) is 0 Å². The second-order valence-electron chi connectivity index (χ2n) is 9.47. The maximum atomic E-state index is 5.72. The molecule has 38 heavy (non-hydrogen) atoms. The fourth-order valence-corrected chi connectivity index (χ4v) is 4.16. The van der Waals surface area contributed by atoms with Crippen molar-refractivity contribution in [1.29, 1.82) is 0 Å². The highest BCUT2D eigenvalue weighted by Crippen LogP contribution is 2.36. The third kappa shape index (κ3) is 8.59. The molecule has 2 N–H and O–H groups in total. The second kappa shape index (κ2) is 16.0. The van der Waals surface area contributed by atoms with Crippen LogP contribution >= 0.6 is 0 Å². The highest BCUT2D eigenvalue weighted by Gasteiger charge is 2.13. The number of hydrogen-bond acceptors (Lipinski definition) is 2. The van der Waals surface area contributed by atoms with E-state index in [2.05, 4.69) is 118 Å². The topological polar surface area (TPSA) is 38.4 Å². The predicted octanol–water partition coefficient (Wildman–Crippen LogP) is 10.3. The molecule has 0 heterocycles. The molecule has 198 valence electrons. The first kappa shape index (κ1) is 30.3. The number of allylic oxidation sites excluding steroid dienone is 1. The van der Waals surface area contributed by atoms with Gasteiger partial charge in [-0.3, -0.25) is 4.99 Å². The first-order valence-corrected chi connectivity index (χ1v) is 13.6. The molecular weight excluding hydrogens is 460 g/mol. The lowest BCUT2D eigenvalue weighted by atomic mass is 9.87. The summed E-state index contributed by atoms with van der Waals surface area (Å²) in [6.07, 6.45) is 6.02. The SMILES string of the molecule is CC.CC(C)c1ccccc1N.CN=C/C=C/c1c(-c2ccccc2)cc(C(C)C)cc1-c1ccccc1. The summed E-state index contributed by atoms with van der Waals surface area (Å²) in [5.41, 5.74) is 15.4. The minimum Gasteiger partial charge on any atom is -0.398 e. The van der Waals surface area contributed by atoms with Crippen LogP contribution in [0.1, 0.15) is 70.1 Å². The van der Waals surface area contributed by atoms with Crippen molar-refractivity contribution in [2.24, 2.45) is 4.99 Å². The largest absolute Gasteiger partial charge is 0.398 e. The van der Waals surface area contributed by atoms with Gasteiger partial charge in [0.1, 0.15) is 0 Å². The smallest absolute Gasteiger partial charge is 0.0349 e. The van der Waals surface area contributed by atoms with E-state index in [1.165, 1.54) is 38.9 Å². The fourth-order valence-electron chi connectivity index (χ4n) is 4.16. The lowest BCUT2D eigenvalue weighted by Crippen LogP contribution is -1.95. The molecule has 4 aromatic carbocycles. The highest BCUT2D eigenvalue weighted by molar-refractivity contribution is 5.90. The molecule has 4 aromatic rings. The van der Waals surface area contributed by atoms with Crippen molar-refractivity contribution < 1.29 is 0 Å². The molecule has 2 nitrogen and oxygen atoms in total. The van der Waals surface area contributed by atoms with Crippen molar-refractivity contribution in [3.05, 3.63) is 120 Å². The van der Waals surface area contributed by atoms with Crippen LogP contribution in [-0.4, -0.2) is 13.3 Å². The highest BCUT2D eigenvalue weighted by atomic mass is 14.6. The molecular formula is C36H44N2. The molecule has 0 aliphatic heterocycles. The summed E-state index contributed by atoms with van der Waals surface area (Å²) in [4.78, 5) is 4.09. The standard InChI is InChI=1S/C25H25N.C9H13N.C2H6/c1-19(2)22-17-24(20-11-6-4-7-12-20)23(15-10-16-26-3)25(18-22)21-13-8-5-9-14-21;1-7(2)8-5-3-4-6-9(8)10;1-2/h4-19H,1-3H3;3-7H,10H2,1-2H3;1-2H3/b15-10+,26-16?;;. The summed E-state index contributed by atoms with van der Waals surface area (Å²) < 4.78 is 0. The van der Waals surface area contributed by atoms with Crippen LogP contribution in [0.4, 0.5) is 5.69 Å². The Kier molecular flexibility index (Phi) is 12.8. The molecule has 0 fully saturated rings. The van der Waals surface area contributed by atoms with Crippen molar-refractivity contribution in [3.8, 4) is 22.3 Å². The third-order valence-electron chi connectivity index (χ3n) is 6.15. The Morgan fingerprint density at radius 1 is 0.658 bits per heavy atom. The van der Waals surface area contributed by atoms with Crippen LogP contribution < -0.4 is 5.73 Å². The Hall–Kier alpha value is -3.91. The minimum absolute atomic E-state index is 0.468. The van der Waals surface area contributed by atoms with Gasteiger partial charge < -0.3 is 5.73 Å². The van der Waals surface area contributed by atoms with Crippen molar-refractivity contribution in [2.75, 3.05) is 12.8 Å². The van der Waals surface area contributed by atoms with Crippen LogP contribution in [0.2, 0.25) is 0 Å². The number of nitrogens with two attached hydrogens (primary N) is 1. The molecule has 2 heteroatoms. The van der Waals surface area contributed by atoms with Crippen molar-refractivity contribution >= 4 is 18.0 Å². The normalized spacial score (nSPS) is 10.9. The average molecular weight is 505 g/mol. The number of nitrogen functional groups attached to an aromatic ring is 1. The molecule has 0 aliphatic carbocycles. The van der Waals surface area contributed by atoms with E-state index >= 15 is 0 Å². The summed E-state index contributed by atoms with van der Waals surface area (Å²) in [7, 11) is 1.79. The Morgan fingerprint density at radius 2 is 1.13 bits per heavy atom. The zero-order valence-corrected chi connectivity index (χ0v) is 24.1. The average Bonchev–Trinajstić information content (AvgIpc) is 2.95. The minimum atomic E-state index is 0.468. The van der Waals surface area contributed by atoms with E-state index in [0.29, 0.717) is 11.8 Å².